The van der Waals surface area contributed by atoms with Crippen LogP contribution in [-0.2, 0) is 4.79 Å². The van der Waals surface area contributed by atoms with Crippen molar-refractivity contribution in [2.24, 2.45) is 16.0 Å². The van der Waals surface area contributed by atoms with Crippen LogP contribution < -0.4 is 21.5 Å². The summed E-state index contributed by atoms with van der Waals surface area (Å²) in [5, 5.41) is 11.1. The number of nitrogens with zero attached hydrogens (tertiary/aromatic N) is 5. The van der Waals surface area contributed by atoms with Gasteiger partial charge < -0.3 is 26.4 Å². The Morgan fingerprint density at radius 1 is 1.16 bits per heavy atom. The lowest BCUT2D eigenvalue weighted by Crippen LogP contribution is -2.45. The van der Waals surface area contributed by atoms with Gasteiger partial charge in [-0.3, -0.25) is 9.69 Å². The van der Waals surface area contributed by atoms with Crippen molar-refractivity contribution < 1.29 is 9.53 Å². The number of benzene rings is 1. The van der Waals surface area contributed by atoms with Gasteiger partial charge in [-0.25, -0.2) is 4.98 Å². The van der Waals surface area contributed by atoms with E-state index in [0.717, 1.165) is 26.2 Å². The summed E-state index contributed by atoms with van der Waals surface area (Å²) in [7, 11) is 2.12. The van der Waals surface area contributed by atoms with Gasteiger partial charge in [-0.1, -0.05) is 18.7 Å². The molecule has 10 nitrogen and oxygen atoms in total. The Kier molecular flexibility index (Phi) is 8.26. The normalized spacial score (nSPS) is 15.1. The molecule has 1 aliphatic rings. The lowest BCUT2D eigenvalue weighted by atomic mass is 10.3. The second-order valence-electron chi connectivity index (χ2n) is 7.58. The molecule has 5 N–H and O–H groups in total. The molecule has 1 amide bonds. The summed E-state index contributed by atoms with van der Waals surface area (Å²) in [6.45, 7) is 9.01. The predicted molar refractivity (Wildman–Crippen MR) is 125 cm³/mol. The molecule has 0 atom stereocenters. The standard InChI is InChI=1S/C22H30N8O2/c1-16(15-30-13-11-29(2)12-14-30)32-19-6-4-3-5-17(19)27-28-18-7-8-20(26-22(18)24)25-21(31)9-10-23/h3-8H,1,9-15,23H2,2H3,(H3,24,25,26,31)/b28-27+. The second kappa shape index (κ2) is 11.3. The topological polar surface area (TPSA) is 134 Å². The fraction of sp³-hybridized carbons (Fsp3) is 0.364. The lowest BCUT2D eigenvalue weighted by Gasteiger charge is -2.32. The van der Waals surface area contributed by atoms with Crippen molar-refractivity contribution in [2.75, 3.05) is 57.4 Å². The van der Waals surface area contributed by atoms with Crippen LogP contribution in [0.15, 0.2) is 59.0 Å². The van der Waals surface area contributed by atoms with Crippen molar-refractivity contribution in [3.63, 3.8) is 0 Å². The van der Waals surface area contributed by atoms with Gasteiger partial charge in [0.15, 0.2) is 11.6 Å². The van der Waals surface area contributed by atoms with Gasteiger partial charge >= 0.3 is 0 Å². The summed E-state index contributed by atoms with van der Waals surface area (Å²) in [6, 6.07) is 10.6. The maximum Gasteiger partial charge on any atom is 0.226 e. The van der Waals surface area contributed by atoms with E-state index in [0.29, 0.717) is 35.2 Å². The first-order valence-electron chi connectivity index (χ1n) is 10.5. The van der Waals surface area contributed by atoms with Crippen LogP contribution in [0, 0.1) is 0 Å². The van der Waals surface area contributed by atoms with Crippen LogP contribution in [0.5, 0.6) is 5.75 Å². The largest absolute Gasteiger partial charge is 0.459 e. The molecule has 0 bridgehead atoms. The Balaban J connectivity index is 1.64. The number of nitrogens with two attached hydrogens (primary N) is 2. The fourth-order valence-corrected chi connectivity index (χ4v) is 3.14. The number of rotatable bonds is 9. The Morgan fingerprint density at radius 3 is 2.59 bits per heavy atom. The van der Waals surface area contributed by atoms with Crippen LogP contribution in [0.4, 0.5) is 23.0 Å². The first-order chi connectivity index (χ1) is 15.4. The number of ether oxygens (including phenoxy) is 1. The number of carbonyl (C=O) groups is 1. The fourth-order valence-electron chi connectivity index (χ4n) is 3.14. The highest BCUT2D eigenvalue weighted by molar-refractivity contribution is 5.90. The zero-order chi connectivity index (χ0) is 22.9. The monoisotopic (exact) mass is 438 g/mol. The Labute approximate surface area is 187 Å². The Morgan fingerprint density at radius 2 is 1.88 bits per heavy atom. The maximum atomic E-state index is 11.6. The molecular weight excluding hydrogens is 408 g/mol. The van der Waals surface area contributed by atoms with E-state index in [4.69, 9.17) is 16.2 Å². The maximum absolute atomic E-state index is 11.6. The number of aromatic nitrogens is 1. The number of nitrogen functional groups attached to an aromatic ring is 1. The van der Waals surface area contributed by atoms with E-state index in [-0.39, 0.29) is 24.7 Å². The number of hydrogen-bond donors (Lipinski definition) is 3. The quantitative estimate of drug-likeness (QED) is 0.404. The number of piperazine rings is 1. The van der Waals surface area contributed by atoms with Crippen molar-refractivity contribution in [3.8, 4) is 5.75 Å². The third-order valence-corrected chi connectivity index (χ3v) is 4.92. The smallest absolute Gasteiger partial charge is 0.226 e. The van der Waals surface area contributed by atoms with Gasteiger partial charge in [0.25, 0.3) is 0 Å². The van der Waals surface area contributed by atoms with Crippen molar-refractivity contribution in [1.82, 2.24) is 14.8 Å². The summed E-state index contributed by atoms with van der Waals surface area (Å²) in [5.41, 5.74) is 12.3. The van der Waals surface area contributed by atoms with Crippen molar-refractivity contribution in [3.05, 3.63) is 48.7 Å². The van der Waals surface area contributed by atoms with Gasteiger partial charge in [-0.05, 0) is 31.3 Å². The van der Waals surface area contributed by atoms with E-state index >= 15 is 0 Å². The summed E-state index contributed by atoms with van der Waals surface area (Å²) in [6.07, 6.45) is 0.208. The van der Waals surface area contributed by atoms with Crippen LogP contribution >= 0.6 is 0 Å². The van der Waals surface area contributed by atoms with Crippen LogP contribution in [0.25, 0.3) is 0 Å². The minimum Gasteiger partial charge on any atom is -0.459 e. The average Bonchev–Trinajstić information content (AvgIpc) is 2.76. The minimum atomic E-state index is -0.225. The molecular formula is C22H30N8O2. The SMILES string of the molecule is C=C(CN1CCN(C)CC1)Oc1ccccc1/N=N/c1ccc(NC(=O)CCN)nc1N. The highest BCUT2D eigenvalue weighted by Gasteiger charge is 2.15. The third-order valence-electron chi connectivity index (χ3n) is 4.92. The molecule has 3 rings (SSSR count). The highest BCUT2D eigenvalue weighted by Crippen LogP contribution is 2.31. The van der Waals surface area contributed by atoms with E-state index in [2.05, 4.69) is 44.0 Å². The van der Waals surface area contributed by atoms with Gasteiger partial charge in [0, 0.05) is 39.1 Å². The first kappa shape index (κ1) is 23.3. The number of hydrogen-bond acceptors (Lipinski definition) is 9. The molecule has 1 aromatic heterocycles. The second-order valence-corrected chi connectivity index (χ2v) is 7.58. The molecule has 0 saturated carbocycles. The summed E-state index contributed by atoms with van der Waals surface area (Å²) >= 11 is 0. The van der Waals surface area contributed by atoms with E-state index in [9.17, 15) is 4.79 Å². The number of azo groups is 1. The molecule has 1 aliphatic heterocycles. The molecule has 2 aromatic rings. The number of carbonyl (C=O) groups excluding carboxylic acids is 1. The van der Waals surface area contributed by atoms with Crippen LogP contribution in [0.2, 0.25) is 0 Å². The van der Waals surface area contributed by atoms with E-state index in [1.165, 1.54) is 0 Å². The molecule has 2 heterocycles. The van der Waals surface area contributed by atoms with Gasteiger partial charge in [-0.2, -0.15) is 0 Å². The number of likely N-dealkylation sites (N-methyl/N-ethyl adjacent to an activating group) is 1. The molecule has 0 spiro atoms. The number of pyridine rings is 1. The lowest BCUT2D eigenvalue weighted by molar-refractivity contribution is -0.116. The van der Waals surface area contributed by atoms with E-state index in [1.54, 1.807) is 18.2 Å². The van der Waals surface area contributed by atoms with Crippen LogP contribution in [-0.4, -0.2) is 67.0 Å². The van der Waals surface area contributed by atoms with E-state index in [1.807, 2.05) is 18.2 Å². The molecule has 0 aliphatic carbocycles. The summed E-state index contributed by atoms with van der Waals surface area (Å²) in [5.74, 6) is 1.47. The number of nitrogens with one attached hydrogen (secondary N) is 1. The third kappa shape index (κ3) is 6.84. The molecule has 1 saturated heterocycles. The van der Waals surface area contributed by atoms with Crippen molar-refractivity contribution in [2.45, 2.75) is 6.42 Å². The summed E-state index contributed by atoms with van der Waals surface area (Å²) in [4.78, 5) is 20.4. The number of para-hydroxylation sites is 1. The average molecular weight is 439 g/mol. The van der Waals surface area contributed by atoms with Crippen LogP contribution in [0.3, 0.4) is 0 Å². The minimum absolute atomic E-state index is 0.150. The first-order valence-corrected chi connectivity index (χ1v) is 10.5. The molecule has 170 valence electrons. The summed E-state index contributed by atoms with van der Waals surface area (Å²) < 4.78 is 5.97. The molecule has 1 aromatic carbocycles. The van der Waals surface area contributed by atoms with Gasteiger partial charge in [0.1, 0.15) is 23.0 Å². The van der Waals surface area contributed by atoms with Gasteiger partial charge in [0.05, 0.1) is 6.54 Å². The number of amides is 1. The van der Waals surface area contributed by atoms with Gasteiger partial charge in [-0.15, -0.1) is 10.2 Å². The van der Waals surface area contributed by atoms with Gasteiger partial charge in [0.2, 0.25) is 5.91 Å². The molecule has 0 unspecified atom stereocenters. The molecule has 1 fully saturated rings. The van der Waals surface area contributed by atoms with E-state index < -0.39 is 0 Å². The molecule has 32 heavy (non-hydrogen) atoms. The molecule has 0 radical (unpaired) electrons. The zero-order valence-corrected chi connectivity index (χ0v) is 18.3. The zero-order valence-electron chi connectivity index (χ0n) is 18.3. The van der Waals surface area contributed by atoms with Crippen molar-refractivity contribution in [1.29, 1.82) is 0 Å². The van der Waals surface area contributed by atoms with Crippen molar-refractivity contribution >= 4 is 28.9 Å². The molecule has 10 heteroatoms. The van der Waals surface area contributed by atoms with Crippen LogP contribution in [0.1, 0.15) is 6.42 Å². The number of anilines is 2. The highest BCUT2D eigenvalue weighted by atomic mass is 16.5. The Hall–Kier alpha value is -3.34. The Bertz CT molecular complexity index is 970. The predicted octanol–water partition coefficient (Wildman–Crippen LogP) is 2.51.